The molecule has 0 saturated carbocycles. The van der Waals surface area contributed by atoms with Crippen molar-refractivity contribution in [3.63, 3.8) is 0 Å². The molecule has 0 fully saturated rings. The van der Waals surface area contributed by atoms with Gasteiger partial charge in [0.15, 0.2) is 0 Å². The van der Waals surface area contributed by atoms with Crippen LogP contribution in [-0.2, 0) is 6.42 Å². The van der Waals surface area contributed by atoms with Gasteiger partial charge in [-0.25, -0.2) is 9.97 Å². The maximum atomic E-state index is 12.7. The van der Waals surface area contributed by atoms with Crippen molar-refractivity contribution in [1.82, 2.24) is 9.97 Å². The number of aryl methyl sites for hydroxylation is 1. The Balaban J connectivity index is 1.81. The fraction of sp³-hybridized carbons (Fsp3) is 0.190. The topological polar surface area (TPSA) is 85.4 Å². The third-order valence-electron chi connectivity index (χ3n) is 4.22. The zero-order valence-corrected chi connectivity index (χ0v) is 16.0. The van der Waals surface area contributed by atoms with E-state index < -0.39 is 0 Å². The van der Waals surface area contributed by atoms with Crippen molar-refractivity contribution in [3.05, 3.63) is 66.1 Å². The number of ether oxygens (including phenoxy) is 2. The van der Waals surface area contributed by atoms with Crippen LogP contribution >= 0.6 is 0 Å². The molecular weight excluding hydrogens is 356 g/mol. The van der Waals surface area contributed by atoms with Crippen LogP contribution < -0.4 is 20.1 Å². The number of carbonyl (C=O) groups is 1. The number of hydrogen-bond acceptors (Lipinski definition) is 6. The van der Waals surface area contributed by atoms with E-state index in [1.165, 1.54) is 13.4 Å². The van der Waals surface area contributed by atoms with Crippen molar-refractivity contribution < 1.29 is 14.3 Å². The van der Waals surface area contributed by atoms with Crippen molar-refractivity contribution in [2.45, 2.75) is 13.3 Å². The summed E-state index contributed by atoms with van der Waals surface area (Å²) in [5.74, 6) is 1.30. The molecule has 1 amide bonds. The number of amides is 1. The van der Waals surface area contributed by atoms with E-state index in [-0.39, 0.29) is 11.6 Å². The summed E-state index contributed by atoms with van der Waals surface area (Å²) >= 11 is 0. The maximum Gasteiger partial charge on any atom is 0.274 e. The van der Waals surface area contributed by atoms with Crippen molar-refractivity contribution in [1.29, 1.82) is 0 Å². The highest BCUT2D eigenvalue weighted by molar-refractivity contribution is 6.04. The van der Waals surface area contributed by atoms with E-state index in [0.29, 0.717) is 23.0 Å². The third-order valence-corrected chi connectivity index (χ3v) is 4.22. The van der Waals surface area contributed by atoms with Crippen LogP contribution in [0.3, 0.4) is 0 Å². The monoisotopic (exact) mass is 378 g/mol. The highest BCUT2D eigenvalue weighted by Gasteiger charge is 2.13. The van der Waals surface area contributed by atoms with Crippen LogP contribution in [0, 0.1) is 0 Å². The lowest BCUT2D eigenvalue weighted by Gasteiger charge is -2.12. The second-order valence-electron chi connectivity index (χ2n) is 5.94. The van der Waals surface area contributed by atoms with Crippen molar-refractivity contribution >= 4 is 23.1 Å². The number of methoxy groups -OCH3 is 2. The number of anilines is 3. The van der Waals surface area contributed by atoms with Gasteiger partial charge in [-0.2, -0.15) is 0 Å². The van der Waals surface area contributed by atoms with E-state index in [1.807, 2.05) is 24.3 Å². The molecule has 0 aliphatic carbocycles. The minimum atomic E-state index is -0.374. The molecule has 0 bridgehead atoms. The average molecular weight is 378 g/mol. The summed E-state index contributed by atoms with van der Waals surface area (Å²) in [6, 6.07) is 14.7. The smallest absolute Gasteiger partial charge is 0.274 e. The number of nitrogens with one attached hydrogen (secondary N) is 2. The lowest BCUT2D eigenvalue weighted by molar-refractivity contribution is 0.102. The lowest BCUT2D eigenvalue weighted by Crippen LogP contribution is -2.15. The van der Waals surface area contributed by atoms with E-state index in [9.17, 15) is 4.79 Å². The molecule has 1 heterocycles. The standard InChI is InChI=1S/C21H22N4O3/c1-4-14-7-5-6-8-16(14)24-20-12-18(22-13-23-20)21(26)25-17-11-15(27-2)9-10-19(17)28-3/h5-13H,4H2,1-3H3,(H,25,26)(H,22,23,24). The quantitative estimate of drug-likeness (QED) is 0.645. The van der Waals surface area contributed by atoms with E-state index in [4.69, 9.17) is 9.47 Å². The summed E-state index contributed by atoms with van der Waals surface area (Å²) in [5.41, 5.74) is 2.84. The van der Waals surface area contributed by atoms with Crippen LogP contribution in [0.5, 0.6) is 11.5 Å². The molecular formula is C21H22N4O3. The maximum absolute atomic E-state index is 12.7. The zero-order chi connectivity index (χ0) is 19.9. The Morgan fingerprint density at radius 1 is 1.00 bits per heavy atom. The number of para-hydroxylation sites is 1. The molecule has 0 radical (unpaired) electrons. The predicted octanol–water partition coefficient (Wildman–Crippen LogP) is 4.05. The van der Waals surface area contributed by atoms with Crippen LogP contribution in [0.15, 0.2) is 54.9 Å². The largest absolute Gasteiger partial charge is 0.497 e. The van der Waals surface area contributed by atoms with Gasteiger partial charge in [0.05, 0.1) is 19.9 Å². The van der Waals surface area contributed by atoms with Gasteiger partial charge < -0.3 is 20.1 Å². The van der Waals surface area contributed by atoms with Crippen LogP contribution in [-0.4, -0.2) is 30.1 Å². The first-order chi connectivity index (χ1) is 13.6. The van der Waals surface area contributed by atoms with Gasteiger partial charge in [0.1, 0.15) is 29.3 Å². The normalized spacial score (nSPS) is 10.2. The Labute approximate surface area is 163 Å². The van der Waals surface area contributed by atoms with Gasteiger partial charge in [-0.15, -0.1) is 0 Å². The Hall–Kier alpha value is -3.61. The molecule has 0 unspecified atom stereocenters. The summed E-state index contributed by atoms with van der Waals surface area (Å²) in [6.45, 7) is 2.08. The minimum Gasteiger partial charge on any atom is -0.497 e. The molecule has 7 heteroatoms. The summed E-state index contributed by atoms with van der Waals surface area (Å²) in [5, 5.41) is 6.05. The highest BCUT2D eigenvalue weighted by atomic mass is 16.5. The number of hydrogen-bond donors (Lipinski definition) is 2. The van der Waals surface area contributed by atoms with Crippen molar-refractivity contribution in [3.8, 4) is 11.5 Å². The van der Waals surface area contributed by atoms with E-state index in [2.05, 4.69) is 27.5 Å². The number of rotatable bonds is 7. The van der Waals surface area contributed by atoms with Crippen molar-refractivity contribution in [2.24, 2.45) is 0 Å². The Kier molecular flexibility index (Phi) is 6.06. The molecule has 0 spiro atoms. The lowest BCUT2D eigenvalue weighted by atomic mass is 10.1. The van der Waals surface area contributed by atoms with Gasteiger partial charge in [0, 0.05) is 17.8 Å². The Morgan fingerprint density at radius 2 is 1.82 bits per heavy atom. The molecule has 0 atom stereocenters. The van der Waals surface area contributed by atoms with Gasteiger partial charge in [-0.1, -0.05) is 25.1 Å². The summed E-state index contributed by atoms with van der Waals surface area (Å²) in [7, 11) is 3.10. The molecule has 2 N–H and O–H groups in total. The van der Waals surface area contributed by atoms with Gasteiger partial charge in [-0.05, 0) is 30.2 Å². The summed E-state index contributed by atoms with van der Waals surface area (Å²) in [6.07, 6.45) is 2.24. The second-order valence-corrected chi connectivity index (χ2v) is 5.94. The molecule has 2 aromatic carbocycles. The van der Waals surface area contributed by atoms with E-state index in [0.717, 1.165) is 17.7 Å². The molecule has 144 valence electrons. The SMILES string of the molecule is CCc1ccccc1Nc1cc(C(=O)Nc2cc(OC)ccc2OC)ncn1. The van der Waals surface area contributed by atoms with Gasteiger partial charge in [0.2, 0.25) is 0 Å². The fourth-order valence-corrected chi connectivity index (χ4v) is 2.74. The first-order valence-corrected chi connectivity index (χ1v) is 8.85. The van der Waals surface area contributed by atoms with Crippen LogP contribution in [0.1, 0.15) is 23.0 Å². The zero-order valence-electron chi connectivity index (χ0n) is 16.0. The Bertz CT molecular complexity index is 975. The molecule has 3 aromatic rings. The third kappa shape index (κ3) is 4.37. The van der Waals surface area contributed by atoms with E-state index >= 15 is 0 Å². The predicted molar refractivity (Wildman–Crippen MR) is 109 cm³/mol. The van der Waals surface area contributed by atoms with E-state index in [1.54, 1.807) is 31.4 Å². The first kappa shape index (κ1) is 19.2. The number of aromatic nitrogens is 2. The second kappa shape index (κ2) is 8.85. The van der Waals surface area contributed by atoms with Crippen LogP contribution in [0.4, 0.5) is 17.2 Å². The highest BCUT2D eigenvalue weighted by Crippen LogP contribution is 2.29. The van der Waals surface area contributed by atoms with Crippen LogP contribution in [0.2, 0.25) is 0 Å². The molecule has 0 saturated heterocycles. The molecule has 3 rings (SSSR count). The number of nitrogens with zero attached hydrogens (tertiary/aromatic N) is 2. The molecule has 1 aromatic heterocycles. The van der Waals surface area contributed by atoms with Crippen molar-refractivity contribution in [2.75, 3.05) is 24.9 Å². The fourth-order valence-electron chi connectivity index (χ4n) is 2.74. The number of carbonyl (C=O) groups excluding carboxylic acids is 1. The molecule has 28 heavy (non-hydrogen) atoms. The van der Waals surface area contributed by atoms with Gasteiger partial charge in [-0.3, -0.25) is 4.79 Å². The van der Waals surface area contributed by atoms with Gasteiger partial charge >= 0.3 is 0 Å². The molecule has 7 nitrogen and oxygen atoms in total. The average Bonchev–Trinajstić information content (AvgIpc) is 2.74. The summed E-state index contributed by atoms with van der Waals surface area (Å²) < 4.78 is 10.5. The Morgan fingerprint density at radius 3 is 2.57 bits per heavy atom. The van der Waals surface area contributed by atoms with Gasteiger partial charge in [0.25, 0.3) is 5.91 Å². The molecule has 0 aliphatic heterocycles. The minimum absolute atomic E-state index is 0.233. The first-order valence-electron chi connectivity index (χ1n) is 8.85. The molecule has 0 aliphatic rings. The van der Waals surface area contributed by atoms with Crippen LogP contribution in [0.25, 0.3) is 0 Å². The number of benzene rings is 2. The summed E-state index contributed by atoms with van der Waals surface area (Å²) in [4.78, 5) is 21.0.